The van der Waals surface area contributed by atoms with Crippen LogP contribution in [0.5, 0.6) is 0 Å². The summed E-state index contributed by atoms with van der Waals surface area (Å²) in [4.78, 5) is 13.9. The van der Waals surface area contributed by atoms with Crippen LogP contribution < -0.4 is 0 Å². The first-order valence-electron chi connectivity index (χ1n) is 8.98. The average molecular weight is 312 g/mol. The number of unbranched alkanes of at least 4 members (excludes halogenated alkanes) is 6. The number of carbonyl (C=O) groups is 1. The van der Waals surface area contributed by atoms with E-state index in [1.807, 2.05) is 0 Å². The van der Waals surface area contributed by atoms with Crippen LogP contribution in [0.4, 0.5) is 0 Å². The molecule has 0 aliphatic rings. The van der Waals surface area contributed by atoms with E-state index in [1.165, 1.54) is 38.6 Å². The SMILES string of the molecule is C=C(C)C(=O)OC(CCCC)CCCCCCCCN(C)C. The van der Waals surface area contributed by atoms with Gasteiger partial charge in [0.1, 0.15) is 6.10 Å². The standard InChI is InChI=1S/C19H37NO2/c1-6-7-14-18(22-19(21)17(2)3)15-12-10-8-9-11-13-16-20(4)5/h18H,2,6-16H2,1,3-5H3. The molecule has 0 amide bonds. The van der Waals surface area contributed by atoms with Crippen molar-refractivity contribution in [3.63, 3.8) is 0 Å². The predicted molar refractivity (Wildman–Crippen MR) is 95.1 cm³/mol. The summed E-state index contributed by atoms with van der Waals surface area (Å²) in [5.41, 5.74) is 0.502. The lowest BCUT2D eigenvalue weighted by Crippen LogP contribution is -2.18. The van der Waals surface area contributed by atoms with Crippen LogP contribution in [0.3, 0.4) is 0 Å². The van der Waals surface area contributed by atoms with Crippen molar-refractivity contribution in [2.45, 2.75) is 84.2 Å². The molecule has 0 rings (SSSR count). The predicted octanol–water partition coefficient (Wildman–Crippen LogP) is 4.96. The fourth-order valence-corrected chi connectivity index (χ4v) is 2.45. The third-order valence-electron chi connectivity index (χ3n) is 3.88. The second-order valence-corrected chi connectivity index (χ2v) is 6.66. The van der Waals surface area contributed by atoms with Crippen LogP contribution in [0, 0.1) is 0 Å². The molecule has 0 radical (unpaired) electrons. The molecule has 0 saturated carbocycles. The van der Waals surface area contributed by atoms with Crippen molar-refractivity contribution in [2.24, 2.45) is 0 Å². The molecule has 3 heteroatoms. The Labute approximate surface area is 138 Å². The van der Waals surface area contributed by atoms with Crippen molar-refractivity contribution in [3.05, 3.63) is 12.2 Å². The molecule has 1 unspecified atom stereocenters. The van der Waals surface area contributed by atoms with Gasteiger partial charge in [0.25, 0.3) is 0 Å². The molecule has 0 aromatic rings. The summed E-state index contributed by atoms with van der Waals surface area (Å²) in [6.45, 7) is 8.74. The molecule has 1 atom stereocenters. The maximum Gasteiger partial charge on any atom is 0.333 e. The Balaban J connectivity index is 3.74. The highest BCUT2D eigenvalue weighted by atomic mass is 16.5. The minimum Gasteiger partial charge on any atom is -0.459 e. The van der Waals surface area contributed by atoms with Gasteiger partial charge in [-0.15, -0.1) is 0 Å². The Morgan fingerprint density at radius 3 is 2.09 bits per heavy atom. The first kappa shape index (κ1) is 21.2. The molecule has 0 aromatic carbocycles. The summed E-state index contributed by atoms with van der Waals surface area (Å²) in [5, 5.41) is 0. The zero-order valence-corrected chi connectivity index (χ0v) is 15.3. The van der Waals surface area contributed by atoms with E-state index in [-0.39, 0.29) is 12.1 Å². The monoisotopic (exact) mass is 311 g/mol. The summed E-state index contributed by atoms with van der Waals surface area (Å²) in [5.74, 6) is -0.232. The maximum absolute atomic E-state index is 11.7. The van der Waals surface area contributed by atoms with Gasteiger partial charge in [0, 0.05) is 5.57 Å². The highest BCUT2D eigenvalue weighted by Crippen LogP contribution is 2.16. The first-order chi connectivity index (χ1) is 10.5. The molecular formula is C19H37NO2. The van der Waals surface area contributed by atoms with Crippen LogP contribution in [-0.4, -0.2) is 37.6 Å². The van der Waals surface area contributed by atoms with Crippen LogP contribution >= 0.6 is 0 Å². The third-order valence-corrected chi connectivity index (χ3v) is 3.88. The molecule has 130 valence electrons. The lowest BCUT2D eigenvalue weighted by molar-refractivity contribution is -0.145. The number of ether oxygens (including phenoxy) is 1. The van der Waals surface area contributed by atoms with Gasteiger partial charge in [-0.05, 0) is 53.2 Å². The van der Waals surface area contributed by atoms with Gasteiger partial charge in [0.15, 0.2) is 0 Å². The molecule has 0 fully saturated rings. The number of esters is 1. The van der Waals surface area contributed by atoms with Crippen LogP contribution in [0.1, 0.15) is 78.1 Å². The van der Waals surface area contributed by atoms with E-state index in [4.69, 9.17) is 4.74 Å². The van der Waals surface area contributed by atoms with E-state index in [2.05, 4.69) is 32.5 Å². The lowest BCUT2D eigenvalue weighted by Gasteiger charge is -2.17. The number of hydrogen-bond acceptors (Lipinski definition) is 3. The van der Waals surface area contributed by atoms with Crippen LogP contribution in [0.2, 0.25) is 0 Å². The number of hydrogen-bond donors (Lipinski definition) is 0. The number of nitrogens with zero attached hydrogens (tertiary/aromatic N) is 1. The van der Waals surface area contributed by atoms with Crippen molar-refractivity contribution in [1.82, 2.24) is 4.90 Å². The van der Waals surface area contributed by atoms with Gasteiger partial charge in [-0.1, -0.05) is 52.0 Å². The molecule has 0 bridgehead atoms. The van der Waals surface area contributed by atoms with Gasteiger partial charge >= 0.3 is 5.97 Å². The first-order valence-corrected chi connectivity index (χ1v) is 8.98. The summed E-state index contributed by atoms with van der Waals surface area (Å²) < 4.78 is 5.54. The quantitative estimate of drug-likeness (QED) is 0.258. The fourth-order valence-electron chi connectivity index (χ4n) is 2.45. The van der Waals surface area contributed by atoms with Crippen molar-refractivity contribution in [2.75, 3.05) is 20.6 Å². The fraction of sp³-hybridized carbons (Fsp3) is 0.842. The number of carbonyl (C=O) groups excluding carboxylic acids is 1. The molecule has 3 nitrogen and oxygen atoms in total. The van der Waals surface area contributed by atoms with Crippen LogP contribution in [0.25, 0.3) is 0 Å². The van der Waals surface area contributed by atoms with Gasteiger partial charge in [0.05, 0.1) is 0 Å². The van der Waals surface area contributed by atoms with Crippen molar-refractivity contribution in [1.29, 1.82) is 0 Å². The van der Waals surface area contributed by atoms with Crippen LogP contribution in [0.15, 0.2) is 12.2 Å². The largest absolute Gasteiger partial charge is 0.459 e. The Bertz CT molecular complexity index is 300. The molecule has 0 aliphatic heterocycles. The van der Waals surface area contributed by atoms with Gasteiger partial charge in [-0.2, -0.15) is 0 Å². The van der Waals surface area contributed by atoms with E-state index < -0.39 is 0 Å². The summed E-state index contributed by atoms with van der Waals surface area (Å²) >= 11 is 0. The molecular weight excluding hydrogens is 274 g/mol. The second-order valence-electron chi connectivity index (χ2n) is 6.66. The van der Waals surface area contributed by atoms with E-state index >= 15 is 0 Å². The van der Waals surface area contributed by atoms with E-state index in [9.17, 15) is 4.79 Å². The normalized spacial score (nSPS) is 12.4. The smallest absolute Gasteiger partial charge is 0.333 e. The van der Waals surface area contributed by atoms with Crippen molar-refractivity contribution in [3.8, 4) is 0 Å². The summed E-state index contributed by atoms with van der Waals surface area (Å²) in [6.07, 6.45) is 12.0. The Morgan fingerprint density at radius 2 is 1.55 bits per heavy atom. The molecule has 0 heterocycles. The summed E-state index contributed by atoms with van der Waals surface area (Å²) in [6, 6.07) is 0. The van der Waals surface area contributed by atoms with Gasteiger partial charge < -0.3 is 9.64 Å². The molecule has 0 N–H and O–H groups in total. The average Bonchev–Trinajstić information content (AvgIpc) is 2.46. The minimum atomic E-state index is -0.232. The molecule has 0 aromatic heterocycles. The second kappa shape index (κ2) is 13.8. The molecule has 0 aliphatic carbocycles. The Morgan fingerprint density at radius 1 is 1.00 bits per heavy atom. The Hall–Kier alpha value is -0.830. The topological polar surface area (TPSA) is 29.5 Å². The highest BCUT2D eigenvalue weighted by molar-refractivity contribution is 5.87. The Kier molecular flexibility index (Phi) is 13.3. The van der Waals surface area contributed by atoms with E-state index in [0.717, 1.165) is 32.1 Å². The lowest BCUT2D eigenvalue weighted by atomic mass is 10.0. The minimum absolute atomic E-state index is 0.0814. The number of rotatable bonds is 14. The van der Waals surface area contributed by atoms with E-state index in [1.54, 1.807) is 6.92 Å². The van der Waals surface area contributed by atoms with Gasteiger partial charge in [0.2, 0.25) is 0 Å². The zero-order chi connectivity index (χ0) is 16.8. The van der Waals surface area contributed by atoms with Crippen LogP contribution in [-0.2, 0) is 9.53 Å². The molecule has 22 heavy (non-hydrogen) atoms. The molecule has 0 saturated heterocycles. The summed E-state index contributed by atoms with van der Waals surface area (Å²) in [7, 11) is 4.26. The highest BCUT2D eigenvalue weighted by Gasteiger charge is 2.14. The third kappa shape index (κ3) is 12.9. The molecule has 0 spiro atoms. The van der Waals surface area contributed by atoms with Crippen molar-refractivity contribution >= 4 is 5.97 Å². The van der Waals surface area contributed by atoms with E-state index in [0.29, 0.717) is 5.57 Å². The van der Waals surface area contributed by atoms with Gasteiger partial charge in [-0.3, -0.25) is 0 Å². The zero-order valence-electron chi connectivity index (χ0n) is 15.3. The van der Waals surface area contributed by atoms with Gasteiger partial charge in [-0.25, -0.2) is 4.79 Å². The maximum atomic E-state index is 11.7. The van der Waals surface area contributed by atoms with Crippen molar-refractivity contribution < 1.29 is 9.53 Å².